The van der Waals surface area contributed by atoms with Crippen molar-refractivity contribution in [1.29, 1.82) is 0 Å². The van der Waals surface area contributed by atoms with Crippen molar-refractivity contribution < 1.29 is 19.1 Å². The smallest absolute Gasteiger partial charge is 0.246 e. The van der Waals surface area contributed by atoms with Gasteiger partial charge < -0.3 is 9.47 Å². The van der Waals surface area contributed by atoms with Gasteiger partial charge in [-0.3, -0.25) is 9.59 Å². The predicted molar refractivity (Wildman–Crippen MR) is 115 cm³/mol. The van der Waals surface area contributed by atoms with Gasteiger partial charge in [0.2, 0.25) is 11.1 Å². The van der Waals surface area contributed by atoms with Gasteiger partial charge in [-0.1, -0.05) is 13.8 Å². The third-order valence-electron chi connectivity index (χ3n) is 4.68. The quantitative estimate of drug-likeness (QED) is 0.631. The van der Waals surface area contributed by atoms with Crippen LogP contribution in [-0.2, 0) is 9.59 Å². The lowest BCUT2D eigenvalue weighted by molar-refractivity contribution is -0.119. The first-order chi connectivity index (χ1) is 14.5. The molecule has 160 valence electrons. The summed E-state index contributed by atoms with van der Waals surface area (Å²) in [6.07, 6.45) is 2.09. The van der Waals surface area contributed by atoms with E-state index in [1.807, 2.05) is 19.9 Å². The van der Waals surface area contributed by atoms with E-state index in [0.29, 0.717) is 64.3 Å². The Morgan fingerprint density at radius 3 is 2.37 bits per heavy atom. The Morgan fingerprint density at radius 1 is 1.03 bits per heavy atom. The number of amides is 1. The van der Waals surface area contributed by atoms with Crippen LogP contribution < -0.4 is 14.5 Å². The number of thioether (sulfide) groups is 1. The number of methoxy groups -OCH3 is 2. The van der Waals surface area contributed by atoms with Crippen molar-refractivity contribution in [3.8, 4) is 11.5 Å². The summed E-state index contributed by atoms with van der Waals surface area (Å²) >= 11 is 1.24. The molecule has 0 radical (unpaired) electrons. The molecule has 0 saturated carbocycles. The van der Waals surface area contributed by atoms with E-state index >= 15 is 0 Å². The van der Waals surface area contributed by atoms with E-state index in [-0.39, 0.29) is 11.7 Å². The van der Waals surface area contributed by atoms with Crippen LogP contribution in [0.2, 0.25) is 0 Å². The Bertz CT molecular complexity index is 999. The summed E-state index contributed by atoms with van der Waals surface area (Å²) in [6, 6.07) is 5.38. The second-order valence-electron chi connectivity index (χ2n) is 6.82. The Kier molecular flexibility index (Phi) is 6.81. The average molecular weight is 431 g/mol. The molecule has 3 rings (SSSR count). The highest BCUT2D eigenvalue weighted by Crippen LogP contribution is 2.42. The Balaban J connectivity index is 2.28. The largest absolute Gasteiger partial charge is 0.493 e. The van der Waals surface area contributed by atoms with E-state index in [1.165, 1.54) is 16.8 Å². The molecule has 2 aromatic rings. The number of nitrogens with zero attached hydrogens (tertiary/aromatic N) is 4. The molecule has 0 spiro atoms. The summed E-state index contributed by atoms with van der Waals surface area (Å²) in [7, 11) is 3.12. The fraction of sp³-hybridized carbons (Fsp3) is 0.429. The number of fused-ring (bicyclic) bond motifs is 1. The topological polar surface area (TPSA) is 86.5 Å². The number of allylic oxidation sites excluding steroid dienone is 1. The maximum absolute atomic E-state index is 13.2. The van der Waals surface area contributed by atoms with Crippen LogP contribution in [0.4, 0.5) is 0 Å². The molecule has 1 aromatic heterocycles. The number of hydrogen-bond acceptors (Lipinski definition) is 7. The number of rotatable bonds is 8. The van der Waals surface area contributed by atoms with Crippen molar-refractivity contribution in [2.45, 2.75) is 51.6 Å². The lowest BCUT2D eigenvalue weighted by Gasteiger charge is -2.33. The molecule has 8 nitrogen and oxygen atoms in total. The molecule has 0 fully saturated rings. The first-order valence-corrected chi connectivity index (χ1v) is 10.7. The van der Waals surface area contributed by atoms with Crippen LogP contribution in [0.3, 0.4) is 0 Å². The molecular formula is C21H26N4O4S. The normalized spacial score (nSPS) is 13.3. The molecule has 0 atom stereocenters. The van der Waals surface area contributed by atoms with Crippen molar-refractivity contribution in [3.63, 3.8) is 0 Å². The monoisotopic (exact) mass is 430 g/mol. The van der Waals surface area contributed by atoms with Crippen molar-refractivity contribution in [3.05, 3.63) is 34.5 Å². The number of aryl methyl sites for hydroxylation is 1. The fourth-order valence-corrected chi connectivity index (χ4v) is 4.37. The molecular weight excluding hydrogens is 404 g/mol. The maximum atomic E-state index is 13.2. The molecule has 1 aliphatic rings. The first-order valence-electron chi connectivity index (χ1n) is 9.89. The molecule has 0 N–H and O–H groups in total. The van der Waals surface area contributed by atoms with Crippen molar-refractivity contribution in [1.82, 2.24) is 14.9 Å². The van der Waals surface area contributed by atoms with Gasteiger partial charge in [0, 0.05) is 18.4 Å². The summed E-state index contributed by atoms with van der Waals surface area (Å²) in [6.45, 7) is 5.68. The zero-order valence-electron chi connectivity index (χ0n) is 17.9. The minimum Gasteiger partial charge on any atom is -0.493 e. The van der Waals surface area contributed by atoms with Crippen LogP contribution in [-0.4, -0.2) is 40.8 Å². The number of Topliss-reactive ketones (excluding diaryl/α,β-unsaturated/α-hetero) is 1. The Morgan fingerprint density at radius 2 is 1.73 bits per heavy atom. The number of carbonyl (C=O) groups is 2. The second kappa shape index (κ2) is 9.34. The molecule has 30 heavy (non-hydrogen) atoms. The second-order valence-corrected chi connectivity index (χ2v) is 7.80. The Hall–Kier alpha value is -2.81. The van der Waals surface area contributed by atoms with Gasteiger partial charge in [-0.05, 0) is 49.7 Å². The van der Waals surface area contributed by atoms with Crippen LogP contribution in [0.15, 0.2) is 28.3 Å². The van der Waals surface area contributed by atoms with E-state index < -0.39 is 0 Å². The van der Waals surface area contributed by atoms with Gasteiger partial charge in [0.1, 0.15) is 0 Å². The van der Waals surface area contributed by atoms with Crippen LogP contribution in [0.1, 0.15) is 50.9 Å². The van der Waals surface area contributed by atoms with Crippen LogP contribution in [0.5, 0.6) is 11.5 Å². The summed E-state index contributed by atoms with van der Waals surface area (Å²) in [5, 5.41) is 10.4. The maximum Gasteiger partial charge on any atom is 0.246 e. The van der Waals surface area contributed by atoms with Crippen molar-refractivity contribution in [2.24, 2.45) is 0 Å². The third-order valence-corrected chi connectivity index (χ3v) is 5.74. The van der Waals surface area contributed by atoms with Gasteiger partial charge in [0.15, 0.2) is 23.1 Å². The first kappa shape index (κ1) is 21.9. The molecule has 1 aliphatic heterocycles. The van der Waals surface area contributed by atoms with Crippen molar-refractivity contribution >= 4 is 29.1 Å². The molecule has 1 aromatic carbocycles. The van der Waals surface area contributed by atoms with E-state index in [0.717, 1.165) is 0 Å². The summed E-state index contributed by atoms with van der Waals surface area (Å²) < 4.78 is 12.5. The molecule has 0 unspecified atom stereocenters. The number of aromatic nitrogens is 3. The highest BCUT2D eigenvalue weighted by atomic mass is 32.2. The van der Waals surface area contributed by atoms with Gasteiger partial charge in [-0.15, -0.1) is 10.2 Å². The van der Waals surface area contributed by atoms with Gasteiger partial charge in [-0.25, -0.2) is 9.69 Å². The van der Waals surface area contributed by atoms with Crippen molar-refractivity contribution in [2.75, 3.05) is 19.2 Å². The molecule has 2 heterocycles. The molecule has 0 saturated heterocycles. The lowest BCUT2D eigenvalue weighted by Crippen LogP contribution is -2.42. The number of carbonyl (C=O) groups excluding carboxylic acids is 2. The summed E-state index contributed by atoms with van der Waals surface area (Å²) in [4.78, 5) is 26.8. The summed E-state index contributed by atoms with van der Waals surface area (Å²) in [5.41, 5.74) is 1.20. The minimum atomic E-state index is -0.131. The third kappa shape index (κ3) is 3.94. The lowest BCUT2D eigenvalue weighted by atomic mass is 10.1. The highest BCUT2D eigenvalue weighted by Gasteiger charge is 2.36. The number of benzene rings is 1. The molecule has 0 bridgehead atoms. The predicted octanol–water partition coefficient (Wildman–Crippen LogP) is 3.71. The van der Waals surface area contributed by atoms with Crippen LogP contribution >= 0.6 is 11.8 Å². The van der Waals surface area contributed by atoms with E-state index in [1.54, 1.807) is 38.0 Å². The van der Waals surface area contributed by atoms with E-state index in [2.05, 4.69) is 10.2 Å². The minimum absolute atomic E-state index is 0.0338. The van der Waals surface area contributed by atoms with Gasteiger partial charge >= 0.3 is 0 Å². The number of hydrogen-bond donors (Lipinski definition) is 0. The molecule has 9 heteroatoms. The fourth-order valence-electron chi connectivity index (χ4n) is 3.29. The molecule has 1 amide bonds. The van der Waals surface area contributed by atoms with Gasteiger partial charge in [0.05, 0.1) is 24.8 Å². The SMILES string of the molecule is CCCC(=O)C1=C(c2ccc(OC)c(OC)c2)N(C(=O)CCC)n2c(C)nnc2S1. The van der Waals surface area contributed by atoms with Crippen LogP contribution in [0, 0.1) is 6.92 Å². The zero-order chi connectivity index (χ0) is 21.8. The van der Waals surface area contributed by atoms with E-state index in [9.17, 15) is 9.59 Å². The number of ether oxygens (including phenoxy) is 2. The average Bonchev–Trinajstić information content (AvgIpc) is 3.12. The zero-order valence-corrected chi connectivity index (χ0v) is 18.7. The standard InChI is InChI=1S/C21H26N4O4S/c1-6-8-15(26)20-19(14-10-11-16(28-4)17(12-14)29-5)25(18(27)9-7-2)24-13(3)22-23-21(24)30-20/h10-12H,6-9H2,1-5H3. The number of ketones is 1. The molecule has 0 aliphatic carbocycles. The van der Waals surface area contributed by atoms with Gasteiger partial charge in [-0.2, -0.15) is 0 Å². The van der Waals surface area contributed by atoms with Crippen LogP contribution in [0.25, 0.3) is 5.70 Å². The van der Waals surface area contributed by atoms with Gasteiger partial charge in [0.25, 0.3) is 0 Å². The Labute approximate surface area is 180 Å². The highest BCUT2D eigenvalue weighted by molar-refractivity contribution is 8.04. The van der Waals surface area contributed by atoms with E-state index in [4.69, 9.17) is 9.47 Å². The summed E-state index contributed by atoms with van der Waals surface area (Å²) in [5.74, 6) is 1.49.